The molecular weight excluding hydrogens is 112 g/mol. The summed E-state index contributed by atoms with van der Waals surface area (Å²) in [6.07, 6.45) is 2.24. The van der Waals surface area contributed by atoms with Crippen LogP contribution in [0.15, 0.2) is 11.8 Å². The number of likely N-dealkylation sites (N-methyl/N-ethyl adjacent to an activating group) is 1. The summed E-state index contributed by atoms with van der Waals surface area (Å²) in [5, 5.41) is 4.48. The Morgan fingerprint density at radius 3 is 2.56 bits per heavy atom. The van der Waals surface area contributed by atoms with Gasteiger partial charge in [-0.05, 0) is 13.0 Å². The van der Waals surface area contributed by atoms with Crippen molar-refractivity contribution >= 4 is 0 Å². The van der Waals surface area contributed by atoms with E-state index in [0.29, 0.717) is 0 Å². The predicted molar refractivity (Wildman–Crippen MR) is 38.8 cm³/mol. The minimum absolute atomic E-state index is 1.08. The Balaban J connectivity index is 2.51. The van der Waals surface area contributed by atoms with Gasteiger partial charge in [-0.3, -0.25) is 0 Å². The summed E-state index contributed by atoms with van der Waals surface area (Å²) < 4.78 is 0. The Bertz CT molecular complexity index is 129. The van der Waals surface area contributed by atoms with Gasteiger partial charge in [0.25, 0.3) is 0 Å². The molecule has 1 aliphatic heterocycles. The van der Waals surface area contributed by atoms with Crippen molar-refractivity contribution in [2.75, 3.05) is 20.1 Å². The highest BCUT2D eigenvalue weighted by molar-refractivity contribution is 5.02. The van der Waals surface area contributed by atoms with E-state index < -0.39 is 0 Å². The summed E-state index contributed by atoms with van der Waals surface area (Å²) in [5.41, 5.74) is 1.36. The minimum atomic E-state index is 1.08. The van der Waals surface area contributed by atoms with Crippen LogP contribution in [0.3, 0.4) is 0 Å². The summed E-state index contributed by atoms with van der Waals surface area (Å²) in [5.74, 6) is 0. The predicted octanol–water partition coefficient (Wildman–Crippen LogP) is 1.07. The first-order valence-corrected chi connectivity index (χ1v) is 3.41. The summed E-state index contributed by atoms with van der Waals surface area (Å²) in [6.45, 7) is 6.49. The average Bonchev–Trinajstić information content (AvgIpc) is 2.15. The van der Waals surface area contributed by atoms with E-state index in [-0.39, 0.29) is 0 Å². The lowest BCUT2D eigenvalue weighted by molar-refractivity contribution is 0.0751. The smallest absolute Gasteiger partial charge is 0.0381 e. The van der Waals surface area contributed by atoms with Crippen LogP contribution in [0.1, 0.15) is 13.8 Å². The van der Waals surface area contributed by atoms with E-state index in [0.717, 1.165) is 13.1 Å². The zero-order valence-corrected chi connectivity index (χ0v) is 6.39. The fraction of sp³-hybridized carbons (Fsp3) is 0.714. The molecule has 1 heterocycles. The van der Waals surface area contributed by atoms with E-state index in [9.17, 15) is 0 Å². The molecule has 1 rings (SSSR count). The molecule has 0 aromatic carbocycles. The number of hydrogen-bond acceptors (Lipinski definition) is 2. The van der Waals surface area contributed by atoms with E-state index in [1.54, 1.807) is 0 Å². The highest BCUT2D eigenvalue weighted by atomic mass is 15.6. The third-order valence-electron chi connectivity index (χ3n) is 1.90. The molecule has 0 N–H and O–H groups in total. The fourth-order valence-corrected chi connectivity index (χ4v) is 1.06. The first kappa shape index (κ1) is 6.62. The number of allylic oxidation sites excluding steroid dienone is 1. The van der Waals surface area contributed by atoms with Gasteiger partial charge in [0.15, 0.2) is 0 Å². The third-order valence-corrected chi connectivity index (χ3v) is 1.90. The summed E-state index contributed by atoms with van der Waals surface area (Å²) in [4.78, 5) is 0. The van der Waals surface area contributed by atoms with Crippen molar-refractivity contribution in [3.8, 4) is 0 Å². The Morgan fingerprint density at radius 2 is 2.33 bits per heavy atom. The fourth-order valence-electron chi connectivity index (χ4n) is 1.06. The molecule has 0 radical (unpaired) electrons. The monoisotopic (exact) mass is 126 g/mol. The van der Waals surface area contributed by atoms with Crippen molar-refractivity contribution in [2.24, 2.45) is 0 Å². The first-order chi connectivity index (χ1) is 4.25. The van der Waals surface area contributed by atoms with E-state index in [1.807, 2.05) is 0 Å². The SMILES string of the molecule is CCN1CC=C(C)N1C. The molecule has 0 aromatic heterocycles. The molecule has 0 aromatic rings. The van der Waals surface area contributed by atoms with Crippen LogP contribution < -0.4 is 0 Å². The molecule has 52 valence electrons. The number of nitrogens with zero attached hydrogens (tertiary/aromatic N) is 2. The average molecular weight is 126 g/mol. The number of rotatable bonds is 1. The van der Waals surface area contributed by atoms with Crippen LogP contribution in [0, 0.1) is 0 Å². The van der Waals surface area contributed by atoms with Gasteiger partial charge in [0.1, 0.15) is 0 Å². The molecule has 2 nitrogen and oxygen atoms in total. The zero-order chi connectivity index (χ0) is 6.85. The molecule has 1 aliphatic rings. The van der Waals surface area contributed by atoms with Gasteiger partial charge in [0, 0.05) is 25.8 Å². The van der Waals surface area contributed by atoms with Gasteiger partial charge in [0.2, 0.25) is 0 Å². The largest absolute Gasteiger partial charge is 0.313 e. The second-order valence-electron chi connectivity index (χ2n) is 2.37. The molecule has 9 heavy (non-hydrogen) atoms. The van der Waals surface area contributed by atoms with Crippen LogP contribution in [-0.2, 0) is 0 Å². The maximum Gasteiger partial charge on any atom is 0.0381 e. The molecule has 0 spiro atoms. The Morgan fingerprint density at radius 1 is 1.67 bits per heavy atom. The van der Waals surface area contributed by atoms with Crippen LogP contribution >= 0.6 is 0 Å². The van der Waals surface area contributed by atoms with Gasteiger partial charge in [-0.15, -0.1) is 0 Å². The molecule has 0 fully saturated rings. The van der Waals surface area contributed by atoms with Crippen LogP contribution in [0.25, 0.3) is 0 Å². The second-order valence-corrected chi connectivity index (χ2v) is 2.37. The Labute approximate surface area is 56.7 Å². The molecule has 0 unspecified atom stereocenters. The van der Waals surface area contributed by atoms with Gasteiger partial charge in [-0.1, -0.05) is 6.92 Å². The minimum Gasteiger partial charge on any atom is -0.313 e. The molecule has 0 saturated heterocycles. The standard InChI is InChI=1S/C7H14N2/c1-4-9-6-5-7(2)8(9)3/h5H,4,6H2,1-3H3. The first-order valence-electron chi connectivity index (χ1n) is 3.41. The molecular formula is C7H14N2. The normalized spacial score (nSPS) is 20.8. The quantitative estimate of drug-likeness (QED) is 0.518. The highest BCUT2D eigenvalue weighted by Crippen LogP contribution is 2.11. The molecule has 0 bridgehead atoms. The van der Waals surface area contributed by atoms with Crippen molar-refractivity contribution in [1.82, 2.24) is 10.0 Å². The third kappa shape index (κ3) is 1.08. The van der Waals surface area contributed by atoms with Gasteiger partial charge in [0.05, 0.1) is 0 Å². The highest BCUT2D eigenvalue weighted by Gasteiger charge is 2.13. The van der Waals surface area contributed by atoms with Gasteiger partial charge >= 0.3 is 0 Å². The zero-order valence-electron chi connectivity index (χ0n) is 6.39. The summed E-state index contributed by atoms with van der Waals surface area (Å²) in [6, 6.07) is 0. The van der Waals surface area contributed by atoms with Crippen molar-refractivity contribution < 1.29 is 0 Å². The molecule has 0 saturated carbocycles. The van der Waals surface area contributed by atoms with Gasteiger partial charge in [-0.25, -0.2) is 5.01 Å². The van der Waals surface area contributed by atoms with Crippen LogP contribution in [0.5, 0.6) is 0 Å². The van der Waals surface area contributed by atoms with E-state index >= 15 is 0 Å². The van der Waals surface area contributed by atoms with Crippen molar-refractivity contribution in [3.63, 3.8) is 0 Å². The van der Waals surface area contributed by atoms with E-state index in [4.69, 9.17) is 0 Å². The lowest BCUT2D eigenvalue weighted by Gasteiger charge is -2.25. The van der Waals surface area contributed by atoms with Crippen LogP contribution in [0.4, 0.5) is 0 Å². The van der Waals surface area contributed by atoms with Crippen LogP contribution in [0.2, 0.25) is 0 Å². The molecule has 0 atom stereocenters. The maximum atomic E-state index is 2.29. The number of hydrazine groups is 1. The van der Waals surface area contributed by atoms with Gasteiger partial charge in [-0.2, -0.15) is 0 Å². The molecule has 0 aliphatic carbocycles. The number of hydrogen-bond donors (Lipinski definition) is 0. The van der Waals surface area contributed by atoms with Crippen molar-refractivity contribution in [1.29, 1.82) is 0 Å². The summed E-state index contributed by atoms with van der Waals surface area (Å²) >= 11 is 0. The van der Waals surface area contributed by atoms with Crippen molar-refractivity contribution in [3.05, 3.63) is 11.8 Å². The topological polar surface area (TPSA) is 6.48 Å². The Hall–Kier alpha value is -0.500. The van der Waals surface area contributed by atoms with Crippen molar-refractivity contribution in [2.45, 2.75) is 13.8 Å². The van der Waals surface area contributed by atoms with E-state index in [2.05, 4.69) is 37.0 Å². The molecule has 0 amide bonds. The van der Waals surface area contributed by atoms with Gasteiger partial charge < -0.3 is 5.01 Å². The second kappa shape index (κ2) is 2.40. The van der Waals surface area contributed by atoms with Crippen LogP contribution in [-0.4, -0.2) is 30.2 Å². The molecule has 2 heteroatoms. The Kier molecular flexibility index (Phi) is 1.76. The lowest BCUT2D eigenvalue weighted by atomic mass is 10.5. The summed E-state index contributed by atoms with van der Waals surface area (Å²) in [7, 11) is 2.10. The maximum absolute atomic E-state index is 2.29. The lowest BCUT2D eigenvalue weighted by Crippen LogP contribution is -2.33. The van der Waals surface area contributed by atoms with E-state index in [1.165, 1.54) is 5.70 Å².